The SMILES string of the molecule is Cn1ncc(COc2ccc(Br)cc2)c1N. The maximum Gasteiger partial charge on any atom is 0.127 e. The summed E-state index contributed by atoms with van der Waals surface area (Å²) in [7, 11) is 1.80. The molecule has 16 heavy (non-hydrogen) atoms. The Kier molecular flexibility index (Phi) is 3.14. The first-order valence-corrected chi connectivity index (χ1v) is 5.61. The van der Waals surface area contributed by atoms with E-state index in [0.29, 0.717) is 12.4 Å². The van der Waals surface area contributed by atoms with E-state index in [0.717, 1.165) is 15.8 Å². The average molecular weight is 282 g/mol. The molecule has 0 atom stereocenters. The maximum atomic E-state index is 5.80. The first kappa shape index (κ1) is 11.0. The lowest BCUT2D eigenvalue weighted by molar-refractivity contribution is 0.307. The van der Waals surface area contributed by atoms with Crippen molar-refractivity contribution in [2.75, 3.05) is 5.73 Å². The van der Waals surface area contributed by atoms with Crippen molar-refractivity contribution in [1.29, 1.82) is 0 Å². The normalized spacial score (nSPS) is 10.4. The molecule has 0 fully saturated rings. The molecule has 0 spiro atoms. The Balaban J connectivity index is 2.02. The van der Waals surface area contributed by atoms with Crippen molar-refractivity contribution in [2.45, 2.75) is 6.61 Å². The van der Waals surface area contributed by atoms with Crippen LogP contribution >= 0.6 is 15.9 Å². The molecule has 0 saturated carbocycles. The van der Waals surface area contributed by atoms with Crippen LogP contribution in [0, 0.1) is 0 Å². The van der Waals surface area contributed by atoms with Crippen molar-refractivity contribution in [3.63, 3.8) is 0 Å². The van der Waals surface area contributed by atoms with Crippen LogP contribution in [0.5, 0.6) is 5.75 Å². The molecule has 0 bridgehead atoms. The molecule has 0 unspecified atom stereocenters. The summed E-state index contributed by atoms with van der Waals surface area (Å²) in [5, 5.41) is 4.05. The molecule has 0 saturated heterocycles. The highest BCUT2D eigenvalue weighted by Gasteiger charge is 2.04. The van der Waals surface area contributed by atoms with Gasteiger partial charge in [0.05, 0.1) is 11.8 Å². The summed E-state index contributed by atoms with van der Waals surface area (Å²) in [5.74, 6) is 1.45. The van der Waals surface area contributed by atoms with E-state index in [1.54, 1.807) is 17.9 Å². The number of aryl methyl sites for hydroxylation is 1. The maximum absolute atomic E-state index is 5.80. The third-order valence-electron chi connectivity index (χ3n) is 2.27. The van der Waals surface area contributed by atoms with E-state index in [1.807, 2.05) is 24.3 Å². The highest BCUT2D eigenvalue weighted by Crippen LogP contribution is 2.18. The lowest BCUT2D eigenvalue weighted by Crippen LogP contribution is -2.02. The third kappa shape index (κ3) is 2.36. The molecule has 0 aliphatic rings. The average Bonchev–Trinajstić information content (AvgIpc) is 2.60. The van der Waals surface area contributed by atoms with Crippen LogP contribution in [0.1, 0.15) is 5.56 Å². The molecule has 1 heterocycles. The zero-order chi connectivity index (χ0) is 11.5. The predicted molar refractivity (Wildman–Crippen MR) is 66.1 cm³/mol. The van der Waals surface area contributed by atoms with Crippen molar-refractivity contribution in [2.24, 2.45) is 7.05 Å². The minimum absolute atomic E-state index is 0.432. The molecule has 1 aromatic heterocycles. The number of hydrogen-bond acceptors (Lipinski definition) is 3. The van der Waals surface area contributed by atoms with Gasteiger partial charge in [-0.05, 0) is 24.3 Å². The summed E-state index contributed by atoms with van der Waals surface area (Å²) < 4.78 is 8.24. The molecule has 4 nitrogen and oxygen atoms in total. The fourth-order valence-electron chi connectivity index (χ4n) is 1.30. The Morgan fingerprint density at radius 2 is 2.06 bits per heavy atom. The molecule has 5 heteroatoms. The van der Waals surface area contributed by atoms with Gasteiger partial charge in [0, 0.05) is 11.5 Å². The molecule has 2 rings (SSSR count). The van der Waals surface area contributed by atoms with Crippen molar-refractivity contribution in [3.8, 4) is 5.75 Å². The van der Waals surface area contributed by atoms with Gasteiger partial charge in [0.15, 0.2) is 0 Å². The van der Waals surface area contributed by atoms with Crippen LogP contribution in [0.4, 0.5) is 5.82 Å². The molecule has 0 aliphatic heterocycles. The zero-order valence-corrected chi connectivity index (χ0v) is 10.4. The van der Waals surface area contributed by atoms with Gasteiger partial charge in [-0.1, -0.05) is 15.9 Å². The number of rotatable bonds is 3. The molecular formula is C11H12BrN3O. The molecule has 2 N–H and O–H groups in total. The number of hydrogen-bond donors (Lipinski definition) is 1. The minimum atomic E-state index is 0.432. The van der Waals surface area contributed by atoms with Gasteiger partial charge in [0.2, 0.25) is 0 Å². The van der Waals surface area contributed by atoms with E-state index in [-0.39, 0.29) is 0 Å². The summed E-state index contributed by atoms with van der Waals surface area (Å²) in [5.41, 5.74) is 6.70. The van der Waals surface area contributed by atoms with E-state index < -0.39 is 0 Å². The fourth-order valence-corrected chi connectivity index (χ4v) is 1.56. The van der Waals surface area contributed by atoms with E-state index in [4.69, 9.17) is 10.5 Å². The smallest absolute Gasteiger partial charge is 0.127 e. The number of nitrogens with two attached hydrogens (primary N) is 1. The molecular weight excluding hydrogens is 270 g/mol. The molecule has 0 amide bonds. The van der Waals surface area contributed by atoms with Crippen LogP contribution < -0.4 is 10.5 Å². The minimum Gasteiger partial charge on any atom is -0.489 e. The van der Waals surface area contributed by atoms with Gasteiger partial charge in [-0.15, -0.1) is 0 Å². The van der Waals surface area contributed by atoms with Crippen LogP contribution in [-0.2, 0) is 13.7 Å². The fraction of sp³-hybridized carbons (Fsp3) is 0.182. The van der Waals surface area contributed by atoms with Gasteiger partial charge in [-0.3, -0.25) is 4.68 Å². The Labute approximate surface area is 102 Å². The lowest BCUT2D eigenvalue weighted by Gasteiger charge is -2.05. The van der Waals surface area contributed by atoms with E-state index in [9.17, 15) is 0 Å². The number of halogens is 1. The lowest BCUT2D eigenvalue weighted by atomic mass is 10.3. The quantitative estimate of drug-likeness (QED) is 0.940. The largest absolute Gasteiger partial charge is 0.489 e. The zero-order valence-electron chi connectivity index (χ0n) is 8.85. The van der Waals surface area contributed by atoms with Crippen molar-refractivity contribution in [3.05, 3.63) is 40.5 Å². The van der Waals surface area contributed by atoms with Gasteiger partial charge in [0.25, 0.3) is 0 Å². The van der Waals surface area contributed by atoms with E-state index in [2.05, 4.69) is 21.0 Å². The summed E-state index contributed by atoms with van der Waals surface area (Å²) in [6.45, 7) is 0.432. The summed E-state index contributed by atoms with van der Waals surface area (Å²) in [6.07, 6.45) is 1.72. The summed E-state index contributed by atoms with van der Waals surface area (Å²) in [4.78, 5) is 0. The Morgan fingerprint density at radius 1 is 1.38 bits per heavy atom. The molecule has 1 aromatic carbocycles. The van der Waals surface area contributed by atoms with Gasteiger partial charge in [-0.2, -0.15) is 5.10 Å². The Bertz CT molecular complexity index is 478. The topological polar surface area (TPSA) is 53.1 Å². The first-order chi connectivity index (χ1) is 7.66. The molecule has 2 aromatic rings. The van der Waals surface area contributed by atoms with Crippen LogP contribution in [-0.4, -0.2) is 9.78 Å². The van der Waals surface area contributed by atoms with Crippen LogP contribution in [0.2, 0.25) is 0 Å². The first-order valence-electron chi connectivity index (χ1n) is 4.81. The molecule has 0 radical (unpaired) electrons. The number of benzene rings is 1. The van der Waals surface area contributed by atoms with Gasteiger partial charge in [-0.25, -0.2) is 0 Å². The number of anilines is 1. The number of aromatic nitrogens is 2. The second-order valence-corrected chi connectivity index (χ2v) is 4.34. The number of nitrogen functional groups attached to an aromatic ring is 1. The van der Waals surface area contributed by atoms with Crippen molar-refractivity contribution >= 4 is 21.7 Å². The molecule has 0 aliphatic carbocycles. The second kappa shape index (κ2) is 4.57. The van der Waals surface area contributed by atoms with Crippen molar-refractivity contribution in [1.82, 2.24) is 9.78 Å². The summed E-state index contributed by atoms with van der Waals surface area (Å²) in [6, 6.07) is 7.66. The van der Waals surface area contributed by atoms with Gasteiger partial charge in [0.1, 0.15) is 18.2 Å². The standard InChI is InChI=1S/C11H12BrN3O/c1-15-11(13)8(6-14-15)7-16-10-4-2-9(12)3-5-10/h2-6H,7,13H2,1H3. The molecule has 84 valence electrons. The van der Waals surface area contributed by atoms with Crippen LogP contribution in [0.3, 0.4) is 0 Å². The van der Waals surface area contributed by atoms with Crippen LogP contribution in [0.25, 0.3) is 0 Å². The predicted octanol–water partition coefficient (Wildman–Crippen LogP) is 2.34. The van der Waals surface area contributed by atoms with E-state index >= 15 is 0 Å². The van der Waals surface area contributed by atoms with E-state index in [1.165, 1.54) is 0 Å². The number of ether oxygens (including phenoxy) is 1. The highest BCUT2D eigenvalue weighted by atomic mass is 79.9. The second-order valence-electron chi connectivity index (χ2n) is 3.42. The van der Waals surface area contributed by atoms with Crippen molar-refractivity contribution < 1.29 is 4.74 Å². The number of nitrogens with zero attached hydrogens (tertiary/aromatic N) is 2. The third-order valence-corrected chi connectivity index (χ3v) is 2.80. The van der Waals surface area contributed by atoms with Crippen LogP contribution in [0.15, 0.2) is 34.9 Å². The highest BCUT2D eigenvalue weighted by molar-refractivity contribution is 9.10. The van der Waals surface area contributed by atoms with Gasteiger partial charge >= 0.3 is 0 Å². The summed E-state index contributed by atoms with van der Waals surface area (Å²) >= 11 is 3.37. The monoisotopic (exact) mass is 281 g/mol. The Hall–Kier alpha value is -1.49. The Morgan fingerprint density at radius 3 is 2.62 bits per heavy atom. The van der Waals surface area contributed by atoms with Gasteiger partial charge < -0.3 is 10.5 Å².